The van der Waals surface area contributed by atoms with E-state index in [0.29, 0.717) is 37.4 Å². The van der Waals surface area contributed by atoms with Crippen molar-refractivity contribution in [2.45, 2.75) is 13.0 Å². The van der Waals surface area contributed by atoms with Crippen LogP contribution in [0.3, 0.4) is 0 Å². The highest BCUT2D eigenvalue weighted by Crippen LogP contribution is 2.33. The molecule has 0 radical (unpaired) electrons. The van der Waals surface area contributed by atoms with E-state index in [1.807, 2.05) is 37.3 Å². The minimum atomic E-state index is -0.435. The zero-order valence-corrected chi connectivity index (χ0v) is 18.3. The first-order chi connectivity index (χ1) is 15.9. The topological polar surface area (TPSA) is 78.7 Å². The van der Waals surface area contributed by atoms with Crippen molar-refractivity contribution >= 4 is 23.0 Å². The number of nitrogens with zero attached hydrogens (tertiary/aromatic N) is 3. The number of carbonyl (C=O) groups excluding carboxylic acids is 1. The second-order valence-corrected chi connectivity index (χ2v) is 8.02. The van der Waals surface area contributed by atoms with E-state index >= 15 is 0 Å². The average Bonchev–Trinajstić information content (AvgIpc) is 2.84. The fourth-order valence-electron chi connectivity index (χ4n) is 4.03. The van der Waals surface area contributed by atoms with E-state index in [4.69, 9.17) is 0 Å². The Morgan fingerprint density at radius 3 is 2.39 bits per heavy atom. The lowest BCUT2D eigenvalue weighted by Gasteiger charge is -2.36. The number of anilines is 2. The number of nitrogens with one attached hydrogen (secondary N) is 1. The van der Waals surface area contributed by atoms with E-state index in [0.717, 1.165) is 11.3 Å². The summed E-state index contributed by atoms with van der Waals surface area (Å²) in [5, 5.41) is 14.9. The van der Waals surface area contributed by atoms with E-state index in [1.54, 1.807) is 23.1 Å². The van der Waals surface area contributed by atoms with Crippen LogP contribution < -0.4 is 10.2 Å². The van der Waals surface area contributed by atoms with Gasteiger partial charge in [0.25, 0.3) is 11.6 Å². The van der Waals surface area contributed by atoms with Gasteiger partial charge in [0.2, 0.25) is 0 Å². The van der Waals surface area contributed by atoms with E-state index in [9.17, 15) is 19.3 Å². The largest absolute Gasteiger partial charge is 0.373 e. The number of nitro groups is 1. The lowest BCUT2D eigenvalue weighted by molar-refractivity contribution is -0.384. The number of amides is 1. The lowest BCUT2D eigenvalue weighted by Crippen LogP contribution is -2.48. The van der Waals surface area contributed by atoms with Crippen molar-refractivity contribution in [3.63, 3.8) is 0 Å². The van der Waals surface area contributed by atoms with E-state index in [2.05, 4.69) is 10.2 Å². The Morgan fingerprint density at radius 2 is 1.73 bits per heavy atom. The molecule has 0 unspecified atom stereocenters. The van der Waals surface area contributed by atoms with E-state index < -0.39 is 5.82 Å². The van der Waals surface area contributed by atoms with Crippen LogP contribution in [0.1, 0.15) is 28.9 Å². The molecule has 3 aromatic rings. The Bertz CT molecular complexity index is 1150. The third-order valence-electron chi connectivity index (χ3n) is 5.85. The van der Waals surface area contributed by atoms with Crippen molar-refractivity contribution in [1.82, 2.24) is 4.90 Å². The molecule has 33 heavy (non-hydrogen) atoms. The lowest BCUT2D eigenvalue weighted by atomic mass is 10.1. The van der Waals surface area contributed by atoms with Crippen LogP contribution in [0.25, 0.3) is 0 Å². The zero-order valence-electron chi connectivity index (χ0n) is 18.3. The Hall–Kier alpha value is -3.94. The number of piperazine rings is 1. The highest BCUT2D eigenvalue weighted by Gasteiger charge is 2.24. The first-order valence-electron chi connectivity index (χ1n) is 10.8. The molecule has 1 atom stereocenters. The van der Waals surface area contributed by atoms with Gasteiger partial charge in [0, 0.05) is 49.5 Å². The number of rotatable bonds is 6. The molecule has 0 aliphatic carbocycles. The minimum absolute atomic E-state index is 0.0152. The molecule has 0 spiro atoms. The molecule has 3 aromatic carbocycles. The molecule has 4 rings (SSSR count). The smallest absolute Gasteiger partial charge is 0.292 e. The van der Waals surface area contributed by atoms with Crippen molar-refractivity contribution in [1.29, 1.82) is 0 Å². The quantitative estimate of drug-likeness (QED) is 0.430. The molecule has 1 amide bonds. The molecule has 0 aromatic heterocycles. The number of hydrogen-bond acceptors (Lipinski definition) is 5. The van der Waals surface area contributed by atoms with Crippen molar-refractivity contribution in [2.24, 2.45) is 0 Å². The summed E-state index contributed by atoms with van der Waals surface area (Å²) in [6.07, 6.45) is 0. The van der Waals surface area contributed by atoms with Gasteiger partial charge in [-0.25, -0.2) is 4.39 Å². The summed E-state index contributed by atoms with van der Waals surface area (Å²) < 4.78 is 13.5. The van der Waals surface area contributed by atoms with E-state index in [1.165, 1.54) is 24.3 Å². The number of halogens is 1. The standard InChI is InChI=1S/C25H25FN4O3/c1-18(19-6-3-2-4-7-19)27-23-17-22(10-11-24(23)30(32)33)28-12-14-29(15-13-28)25(31)20-8-5-9-21(26)16-20/h2-11,16-18,27H,12-15H2,1H3/t18-/m1/s1. The Morgan fingerprint density at radius 1 is 1.00 bits per heavy atom. The summed E-state index contributed by atoms with van der Waals surface area (Å²) in [5.41, 5.74) is 2.68. The van der Waals surface area contributed by atoms with E-state index in [-0.39, 0.29) is 22.6 Å². The van der Waals surface area contributed by atoms with Gasteiger partial charge in [-0.15, -0.1) is 0 Å². The fraction of sp³-hybridized carbons (Fsp3) is 0.240. The molecule has 170 valence electrons. The Balaban J connectivity index is 1.47. The predicted molar refractivity (Wildman–Crippen MR) is 126 cm³/mol. The van der Waals surface area contributed by atoms with Crippen LogP contribution in [0.15, 0.2) is 72.8 Å². The molecule has 1 aliphatic rings. The van der Waals surface area contributed by atoms with Crippen LogP contribution in [0, 0.1) is 15.9 Å². The summed E-state index contributed by atoms with van der Waals surface area (Å²) in [5.74, 6) is -0.632. The van der Waals surface area contributed by atoms with Crippen LogP contribution >= 0.6 is 0 Å². The van der Waals surface area contributed by atoms with Gasteiger partial charge in [-0.3, -0.25) is 14.9 Å². The van der Waals surface area contributed by atoms with Crippen LogP contribution in [-0.4, -0.2) is 41.9 Å². The van der Waals surface area contributed by atoms with Gasteiger partial charge in [-0.2, -0.15) is 0 Å². The van der Waals surface area contributed by atoms with Gasteiger partial charge < -0.3 is 15.1 Å². The van der Waals surface area contributed by atoms with Gasteiger partial charge in [0.1, 0.15) is 11.5 Å². The molecule has 0 saturated carbocycles. The highest BCUT2D eigenvalue weighted by atomic mass is 19.1. The first kappa shape index (κ1) is 22.3. The molecule has 1 N–H and O–H groups in total. The summed E-state index contributed by atoms with van der Waals surface area (Å²) in [4.78, 5) is 27.7. The highest BCUT2D eigenvalue weighted by molar-refractivity contribution is 5.94. The average molecular weight is 448 g/mol. The van der Waals surface area contributed by atoms with Crippen molar-refractivity contribution in [3.05, 3.63) is 99.9 Å². The van der Waals surface area contributed by atoms with Crippen LogP contribution in [-0.2, 0) is 0 Å². The SMILES string of the molecule is C[C@@H](Nc1cc(N2CCN(C(=O)c3cccc(F)c3)CC2)ccc1[N+](=O)[O-])c1ccccc1. The molecule has 1 fully saturated rings. The molecule has 7 nitrogen and oxygen atoms in total. The van der Waals surface area contributed by atoms with Gasteiger partial charge >= 0.3 is 0 Å². The van der Waals surface area contributed by atoms with Crippen LogP contribution in [0.4, 0.5) is 21.5 Å². The summed E-state index contributed by atoms with van der Waals surface area (Å²) >= 11 is 0. The zero-order chi connectivity index (χ0) is 23.4. The molecule has 1 saturated heterocycles. The number of benzene rings is 3. The molecule has 1 heterocycles. The monoisotopic (exact) mass is 448 g/mol. The third-order valence-corrected chi connectivity index (χ3v) is 5.85. The third kappa shape index (κ3) is 5.11. The summed E-state index contributed by atoms with van der Waals surface area (Å²) in [7, 11) is 0. The van der Waals surface area contributed by atoms with Crippen LogP contribution in [0.2, 0.25) is 0 Å². The van der Waals surface area contributed by atoms with Crippen molar-refractivity contribution in [3.8, 4) is 0 Å². The summed E-state index contributed by atoms with van der Waals surface area (Å²) in [6, 6.07) is 20.4. The maximum atomic E-state index is 13.5. The normalized spacial score (nSPS) is 14.6. The number of nitro benzene ring substituents is 1. The van der Waals surface area contributed by atoms with Crippen molar-refractivity contribution < 1.29 is 14.1 Å². The van der Waals surface area contributed by atoms with Gasteiger partial charge in [-0.05, 0) is 42.8 Å². The second kappa shape index (κ2) is 9.68. The van der Waals surface area contributed by atoms with Gasteiger partial charge in [0.05, 0.1) is 4.92 Å². The summed E-state index contributed by atoms with van der Waals surface area (Å²) in [6.45, 7) is 4.08. The van der Waals surface area contributed by atoms with Gasteiger partial charge in [-0.1, -0.05) is 36.4 Å². The maximum Gasteiger partial charge on any atom is 0.292 e. The number of hydrogen-bond donors (Lipinski definition) is 1. The van der Waals surface area contributed by atoms with Gasteiger partial charge in [0.15, 0.2) is 0 Å². The van der Waals surface area contributed by atoms with Crippen molar-refractivity contribution in [2.75, 3.05) is 36.4 Å². The molecular weight excluding hydrogens is 423 g/mol. The second-order valence-electron chi connectivity index (χ2n) is 8.02. The number of carbonyl (C=O) groups is 1. The first-order valence-corrected chi connectivity index (χ1v) is 10.8. The molecule has 8 heteroatoms. The molecule has 0 bridgehead atoms. The molecular formula is C25H25FN4O3. The minimum Gasteiger partial charge on any atom is -0.373 e. The van der Waals surface area contributed by atoms with Crippen LogP contribution in [0.5, 0.6) is 0 Å². The fourth-order valence-corrected chi connectivity index (χ4v) is 4.03. The Labute approximate surface area is 191 Å². The Kier molecular flexibility index (Phi) is 6.53. The maximum absolute atomic E-state index is 13.5. The molecule has 1 aliphatic heterocycles. The predicted octanol–water partition coefficient (Wildman–Crippen LogP) is 4.87.